The molecule has 0 atom stereocenters. The maximum Gasteiger partial charge on any atom is 0.339 e. The molecule has 8 heteroatoms. The summed E-state index contributed by atoms with van der Waals surface area (Å²) in [6.07, 6.45) is 2.69. The summed E-state index contributed by atoms with van der Waals surface area (Å²) in [6.45, 7) is 2.92. The Labute approximate surface area is 119 Å². The first-order chi connectivity index (χ1) is 9.60. The zero-order valence-corrected chi connectivity index (χ0v) is 12.0. The maximum absolute atomic E-state index is 11.3. The quantitative estimate of drug-likeness (QED) is 0.793. The minimum Gasteiger partial charge on any atom is -0.370 e. The number of aromatic nitrogens is 4. The molecule has 0 bridgehead atoms. The zero-order chi connectivity index (χ0) is 14.5. The van der Waals surface area contributed by atoms with Crippen LogP contribution in [0.4, 0.5) is 5.82 Å². The summed E-state index contributed by atoms with van der Waals surface area (Å²) in [4.78, 5) is 31.2. The number of nitrogens with one attached hydrogen (secondary N) is 2. The first kappa shape index (κ1) is 14.3. The van der Waals surface area contributed by atoms with Crippen molar-refractivity contribution in [3.8, 4) is 0 Å². The van der Waals surface area contributed by atoms with Gasteiger partial charge in [0.25, 0.3) is 0 Å². The lowest BCUT2D eigenvalue weighted by molar-refractivity contribution is 0.596. The highest BCUT2D eigenvalue weighted by molar-refractivity contribution is 7.99. The van der Waals surface area contributed by atoms with Crippen molar-refractivity contribution in [2.24, 2.45) is 7.05 Å². The van der Waals surface area contributed by atoms with Crippen molar-refractivity contribution < 1.29 is 0 Å². The van der Waals surface area contributed by atoms with Crippen LogP contribution in [0.25, 0.3) is 0 Å². The van der Waals surface area contributed by atoms with Crippen LogP contribution in [0.5, 0.6) is 0 Å². The highest BCUT2D eigenvalue weighted by Crippen LogP contribution is 2.25. The predicted molar refractivity (Wildman–Crippen MR) is 77.2 cm³/mol. The topological polar surface area (TPSA) is 92.7 Å². The fraction of sp³-hybridized carbons (Fsp3) is 0.333. The molecular weight excluding hydrogens is 278 g/mol. The number of rotatable bonds is 5. The summed E-state index contributed by atoms with van der Waals surface area (Å²) in [7, 11) is 1.63. The van der Waals surface area contributed by atoms with Crippen molar-refractivity contribution in [2.75, 3.05) is 11.9 Å². The van der Waals surface area contributed by atoms with E-state index in [0.717, 1.165) is 23.7 Å². The molecule has 0 aromatic carbocycles. The van der Waals surface area contributed by atoms with Crippen LogP contribution < -0.4 is 16.4 Å². The van der Waals surface area contributed by atoms with Crippen molar-refractivity contribution in [2.45, 2.75) is 23.4 Å². The standard InChI is InChI=1S/C12H15N5O2S/c1-3-5-13-9-7-8(4-6-14-9)20-12-15-10(18)11(19)16-17(12)2/h4,6-7H,3,5H2,1-2H3,(H,13,14)(H,16,19). The molecule has 2 rings (SSSR count). The van der Waals surface area contributed by atoms with E-state index >= 15 is 0 Å². The number of H-pyrrole nitrogens is 1. The van der Waals surface area contributed by atoms with E-state index in [1.807, 2.05) is 12.1 Å². The van der Waals surface area contributed by atoms with Crippen LogP contribution in [0.2, 0.25) is 0 Å². The van der Waals surface area contributed by atoms with Crippen LogP contribution in [0.1, 0.15) is 13.3 Å². The maximum atomic E-state index is 11.3. The highest BCUT2D eigenvalue weighted by Gasteiger charge is 2.06. The summed E-state index contributed by atoms with van der Waals surface area (Å²) >= 11 is 1.29. The molecule has 0 unspecified atom stereocenters. The van der Waals surface area contributed by atoms with E-state index in [4.69, 9.17) is 0 Å². The van der Waals surface area contributed by atoms with Gasteiger partial charge in [0.2, 0.25) is 0 Å². The smallest absolute Gasteiger partial charge is 0.339 e. The number of aryl methyl sites for hydroxylation is 1. The number of anilines is 1. The van der Waals surface area contributed by atoms with E-state index in [9.17, 15) is 9.59 Å². The second-order valence-corrected chi connectivity index (χ2v) is 5.15. The van der Waals surface area contributed by atoms with Crippen LogP contribution >= 0.6 is 11.8 Å². The summed E-state index contributed by atoms with van der Waals surface area (Å²) in [5.41, 5.74) is -1.51. The molecule has 2 aromatic rings. The van der Waals surface area contributed by atoms with E-state index in [-0.39, 0.29) is 0 Å². The van der Waals surface area contributed by atoms with Gasteiger partial charge < -0.3 is 5.32 Å². The lowest BCUT2D eigenvalue weighted by Gasteiger charge is -2.07. The molecule has 106 valence electrons. The second-order valence-electron chi connectivity index (χ2n) is 4.11. The van der Waals surface area contributed by atoms with Gasteiger partial charge in [-0.2, -0.15) is 4.98 Å². The van der Waals surface area contributed by atoms with Gasteiger partial charge >= 0.3 is 11.1 Å². The Hall–Kier alpha value is -2.09. The molecule has 7 nitrogen and oxygen atoms in total. The fourth-order valence-electron chi connectivity index (χ4n) is 1.48. The Morgan fingerprint density at radius 3 is 3.00 bits per heavy atom. The number of pyridine rings is 1. The van der Waals surface area contributed by atoms with Gasteiger partial charge in [-0.05, 0) is 30.3 Å². The monoisotopic (exact) mass is 293 g/mol. The molecule has 2 N–H and O–H groups in total. The van der Waals surface area contributed by atoms with Crippen LogP contribution in [0.15, 0.2) is 38.0 Å². The number of hydrogen-bond donors (Lipinski definition) is 2. The van der Waals surface area contributed by atoms with E-state index in [1.54, 1.807) is 13.2 Å². The van der Waals surface area contributed by atoms with Gasteiger partial charge in [0.15, 0.2) is 5.16 Å². The summed E-state index contributed by atoms with van der Waals surface area (Å²) in [5, 5.41) is 6.01. The second kappa shape index (κ2) is 6.38. The molecule has 2 heterocycles. The van der Waals surface area contributed by atoms with Crippen molar-refractivity contribution in [3.05, 3.63) is 39.0 Å². The molecule has 0 aliphatic carbocycles. The van der Waals surface area contributed by atoms with Crippen LogP contribution in [0, 0.1) is 0 Å². The normalized spacial score (nSPS) is 10.5. The van der Waals surface area contributed by atoms with Gasteiger partial charge in [-0.25, -0.2) is 4.98 Å². The molecule has 0 spiro atoms. The fourth-order valence-corrected chi connectivity index (χ4v) is 2.30. The van der Waals surface area contributed by atoms with E-state index in [1.165, 1.54) is 16.4 Å². The zero-order valence-electron chi connectivity index (χ0n) is 11.2. The first-order valence-corrected chi connectivity index (χ1v) is 6.97. The van der Waals surface area contributed by atoms with Gasteiger partial charge in [-0.3, -0.25) is 19.4 Å². The van der Waals surface area contributed by atoms with Crippen LogP contribution in [-0.2, 0) is 7.05 Å². The van der Waals surface area contributed by atoms with Crippen LogP contribution in [0.3, 0.4) is 0 Å². The summed E-state index contributed by atoms with van der Waals surface area (Å²) in [6, 6.07) is 3.69. The number of aromatic amines is 1. The van der Waals surface area contributed by atoms with Gasteiger partial charge in [0.05, 0.1) is 0 Å². The van der Waals surface area contributed by atoms with Crippen molar-refractivity contribution in [3.63, 3.8) is 0 Å². The Kier molecular flexibility index (Phi) is 4.57. The molecule has 0 radical (unpaired) electrons. The third-order valence-electron chi connectivity index (χ3n) is 2.44. The molecule has 0 saturated carbocycles. The molecule has 0 aliphatic heterocycles. The van der Waals surface area contributed by atoms with E-state index in [2.05, 4.69) is 27.3 Å². The van der Waals surface area contributed by atoms with Gasteiger partial charge in [-0.1, -0.05) is 6.92 Å². The third-order valence-corrected chi connectivity index (χ3v) is 3.48. The van der Waals surface area contributed by atoms with Gasteiger partial charge in [0, 0.05) is 24.7 Å². The molecule has 0 amide bonds. The lowest BCUT2D eigenvalue weighted by atomic mass is 10.4. The predicted octanol–water partition coefficient (Wildman–Crippen LogP) is 0.837. The third kappa shape index (κ3) is 3.47. The van der Waals surface area contributed by atoms with Gasteiger partial charge in [-0.15, -0.1) is 0 Å². The molecule has 2 aromatic heterocycles. The molecule has 0 saturated heterocycles. The van der Waals surface area contributed by atoms with E-state index < -0.39 is 11.1 Å². The van der Waals surface area contributed by atoms with Crippen molar-refractivity contribution in [1.82, 2.24) is 19.7 Å². The highest BCUT2D eigenvalue weighted by atomic mass is 32.2. The molecule has 20 heavy (non-hydrogen) atoms. The average Bonchev–Trinajstić information content (AvgIpc) is 2.43. The van der Waals surface area contributed by atoms with Crippen molar-refractivity contribution in [1.29, 1.82) is 0 Å². The number of hydrogen-bond acceptors (Lipinski definition) is 6. The SMILES string of the molecule is CCCNc1cc(Sc2nc(=O)c(=O)[nH]n2C)ccn1. The average molecular weight is 293 g/mol. The van der Waals surface area contributed by atoms with E-state index in [0.29, 0.717) is 5.16 Å². The Balaban J connectivity index is 2.24. The lowest BCUT2D eigenvalue weighted by Crippen LogP contribution is -2.33. The molecular formula is C12H15N5O2S. The van der Waals surface area contributed by atoms with Gasteiger partial charge in [0.1, 0.15) is 5.82 Å². The minimum absolute atomic E-state index is 0.419. The Morgan fingerprint density at radius 2 is 2.25 bits per heavy atom. The first-order valence-electron chi connectivity index (χ1n) is 6.15. The molecule has 0 fully saturated rings. The molecule has 0 aliphatic rings. The Bertz CT molecular complexity index is 709. The summed E-state index contributed by atoms with van der Waals surface area (Å²) < 4.78 is 1.42. The largest absolute Gasteiger partial charge is 0.370 e. The van der Waals surface area contributed by atoms with Crippen molar-refractivity contribution >= 4 is 17.6 Å². The summed E-state index contributed by atoms with van der Waals surface area (Å²) in [5.74, 6) is 0.770. The number of nitrogens with zero attached hydrogens (tertiary/aromatic N) is 3. The Morgan fingerprint density at radius 1 is 1.45 bits per heavy atom. The van der Waals surface area contributed by atoms with Crippen LogP contribution in [-0.4, -0.2) is 26.3 Å². The minimum atomic E-state index is -0.788.